The normalized spacial score (nSPS) is 44.6. The molecule has 8 nitrogen and oxygen atoms in total. The lowest BCUT2D eigenvalue weighted by Gasteiger charge is -2.45. The molecule has 0 radical (unpaired) electrons. The van der Waals surface area contributed by atoms with Crippen molar-refractivity contribution < 1.29 is 33.6 Å². The molecule has 2 unspecified atom stereocenters. The summed E-state index contributed by atoms with van der Waals surface area (Å²) < 4.78 is 62.8. The van der Waals surface area contributed by atoms with Crippen molar-refractivity contribution in [1.29, 1.82) is 0 Å². The van der Waals surface area contributed by atoms with Crippen LogP contribution in [0.2, 0.25) is 0 Å². The average molecular weight is 288 g/mol. The highest BCUT2D eigenvalue weighted by atomic mass is 32.3. The highest BCUT2D eigenvalue weighted by Crippen LogP contribution is 2.40. The summed E-state index contributed by atoms with van der Waals surface area (Å²) in [6, 6.07) is 0. The zero-order chi connectivity index (χ0) is 12.9. The molecule has 1 spiro atoms. The molecule has 17 heavy (non-hydrogen) atoms. The van der Waals surface area contributed by atoms with E-state index in [9.17, 15) is 16.8 Å². The minimum Gasteiger partial charge on any atom is -0.247 e. The molecule has 2 atom stereocenters. The molecule has 2 aliphatic rings. The average Bonchev–Trinajstić information content (AvgIpc) is 2.13. The minimum atomic E-state index is -4.02. The van der Waals surface area contributed by atoms with Crippen molar-refractivity contribution in [2.24, 2.45) is 5.41 Å². The standard InChI is InChI=1S/C7H12O8S2/c1-5-7(3-12-16(8,9)14-5)4-13-17(10,11)15-6(7)2/h5-6H,3-4H2,1-2H3. The van der Waals surface area contributed by atoms with Gasteiger partial charge in [0, 0.05) is 0 Å². The van der Waals surface area contributed by atoms with Gasteiger partial charge >= 0.3 is 20.8 Å². The van der Waals surface area contributed by atoms with E-state index in [2.05, 4.69) is 8.37 Å². The lowest BCUT2D eigenvalue weighted by molar-refractivity contribution is -0.131. The molecule has 0 amide bonds. The first kappa shape index (κ1) is 13.2. The van der Waals surface area contributed by atoms with Gasteiger partial charge in [0.25, 0.3) is 0 Å². The fraction of sp³-hybridized carbons (Fsp3) is 1.00. The number of hydrogen-bond acceptors (Lipinski definition) is 8. The van der Waals surface area contributed by atoms with Crippen LogP contribution in [0.1, 0.15) is 13.8 Å². The van der Waals surface area contributed by atoms with E-state index in [4.69, 9.17) is 8.37 Å². The third-order valence-electron chi connectivity index (χ3n) is 3.09. The van der Waals surface area contributed by atoms with E-state index >= 15 is 0 Å². The molecule has 10 heteroatoms. The Morgan fingerprint density at radius 3 is 1.53 bits per heavy atom. The van der Waals surface area contributed by atoms with Crippen LogP contribution in [0.5, 0.6) is 0 Å². The molecule has 0 aromatic carbocycles. The van der Waals surface area contributed by atoms with Crippen molar-refractivity contribution in [3.05, 3.63) is 0 Å². The van der Waals surface area contributed by atoms with Gasteiger partial charge in [-0.3, -0.25) is 0 Å². The first-order valence-electron chi connectivity index (χ1n) is 4.82. The molecule has 0 bridgehead atoms. The maximum Gasteiger partial charge on any atom is 0.400 e. The maximum absolute atomic E-state index is 11.1. The predicted molar refractivity (Wildman–Crippen MR) is 53.3 cm³/mol. The molecule has 0 aliphatic carbocycles. The van der Waals surface area contributed by atoms with Crippen molar-refractivity contribution >= 4 is 20.8 Å². The Bertz CT molecular complexity index is 458. The molecule has 100 valence electrons. The van der Waals surface area contributed by atoms with Crippen LogP contribution in [0.15, 0.2) is 0 Å². The van der Waals surface area contributed by atoms with Crippen LogP contribution in [0.3, 0.4) is 0 Å². The topological polar surface area (TPSA) is 105 Å². The second-order valence-electron chi connectivity index (χ2n) is 4.05. The van der Waals surface area contributed by atoms with E-state index in [1.54, 1.807) is 0 Å². The Labute approximate surface area is 99.5 Å². The van der Waals surface area contributed by atoms with Gasteiger partial charge in [-0.1, -0.05) is 0 Å². The van der Waals surface area contributed by atoms with Gasteiger partial charge in [-0.15, -0.1) is 0 Å². The molecular weight excluding hydrogens is 276 g/mol. The van der Waals surface area contributed by atoms with Gasteiger partial charge in [0.15, 0.2) is 0 Å². The van der Waals surface area contributed by atoms with Crippen LogP contribution in [0.4, 0.5) is 0 Å². The summed E-state index contributed by atoms with van der Waals surface area (Å²) in [5.41, 5.74) is -0.962. The fourth-order valence-corrected chi connectivity index (χ4v) is 3.74. The summed E-state index contributed by atoms with van der Waals surface area (Å²) >= 11 is 0. The number of hydrogen-bond donors (Lipinski definition) is 0. The molecule has 0 saturated carbocycles. The lowest BCUT2D eigenvalue weighted by atomic mass is 9.79. The highest BCUT2D eigenvalue weighted by Gasteiger charge is 2.54. The Kier molecular flexibility index (Phi) is 3.00. The monoisotopic (exact) mass is 288 g/mol. The van der Waals surface area contributed by atoms with Crippen LogP contribution in [-0.4, -0.2) is 42.3 Å². The molecular formula is C7H12O8S2. The summed E-state index contributed by atoms with van der Waals surface area (Å²) in [6.07, 6.45) is -1.60. The van der Waals surface area contributed by atoms with Crippen LogP contribution in [-0.2, 0) is 37.5 Å². The molecule has 2 rings (SSSR count). The quantitative estimate of drug-likeness (QED) is 0.578. The van der Waals surface area contributed by atoms with E-state index in [1.165, 1.54) is 13.8 Å². The van der Waals surface area contributed by atoms with Crippen molar-refractivity contribution in [1.82, 2.24) is 0 Å². The summed E-state index contributed by atoms with van der Waals surface area (Å²) in [7, 11) is -8.04. The predicted octanol–water partition coefficient (Wildman–Crippen LogP) is -0.667. The van der Waals surface area contributed by atoms with Gasteiger partial charge in [0.1, 0.15) is 0 Å². The molecule has 0 aromatic rings. The van der Waals surface area contributed by atoms with E-state index in [-0.39, 0.29) is 13.2 Å². The van der Waals surface area contributed by atoms with E-state index in [0.29, 0.717) is 0 Å². The molecule has 2 fully saturated rings. The largest absolute Gasteiger partial charge is 0.400 e. The summed E-state index contributed by atoms with van der Waals surface area (Å²) in [6.45, 7) is 2.52. The van der Waals surface area contributed by atoms with Gasteiger partial charge in [-0.25, -0.2) is 16.7 Å². The molecule has 0 aromatic heterocycles. The van der Waals surface area contributed by atoms with Gasteiger partial charge in [-0.2, -0.15) is 16.8 Å². The van der Waals surface area contributed by atoms with Crippen LogP contribution < -0.4 is 0 Å². The van der Waals surface area contributed by atoms with Gasteiger partial charge in [-0.05, 0) is 13.8 Å². The number of rotatable bonds is 0. The van der Waals surface area contributed by atoms with Crippen LogP contribution in [0, 0.1) is 5.41 Å². The molecule has 2 heterocycles. The maximum atomic E-state index is 11.1. The lowest BCUT2D eigenvalue weighted by Crippen LogP contribution is -2.58. The van der Waals surface area contributed by atoms with Gasteiger partial charge in [0.2, 0.25) is 0 Å². The minimum absolute atomic E-state index is 0.243. The second-order valence-corrected chi connectivity index (χ2v) is 6.54. The van der Waals surface area contributed by atoms with E-state index in [1.807, 2.05) is 0 Å². The second kappa shape index (κ2) is 3.87. The summed E-state index contributed by atoms with van der Waals surface area (Å²) in [5.74, 6) is 0. The van der Waals surface area contributed by atoms with Crippen molar-refractivity contribution in [3.8, 4) is 0 Å². The van der Waals surface area contributed by atoms with Gasteiger partial charge < -0.3 is 0 Å². The third kappa shape index (κ3) is 2.33. The van der Waals surface area contributed by atoms with Crippen molar-refractivity contribution in [2.45, 2.75) is 26.1 Å². The third-order valence-corrected chi connectivity index (χ3v) is 4.95. The zero-order valence-electron chi connectivity index (χ0n) is 9.15. The Balaban J connectivity index is 2.27. The SMILES string of the molecule is CC1OS(=O)(=O)OCC12COS(=O)(=O)OC2C. The first-order chi connectivity index (χ1) is 7.67. The fourth-order valence-electron chi connectivity index (χ4n) is 1.81. The van der Waals surface area contributed by atoms with E-state index in [0.717, 1.165) is 0 Å². The zero-order valence-corrected chi connectivity index (χ0v) is 10.8. The van der Waals surface area contributed by atoms with Crippen LogP contribution in [0.25, 0.3) is 0 Å². The summed E-state index contributed by atoms with van der Waals surface area (Å²) in [5, 5.41) is 0. The highest BCUT2D eigenvalue weighted by molar-refractivity contribution is 7.82. The van der Waals surface area contributed by atoms with Crippen molar-refractivity contribution in [3.63, 3.8) is 0 Å². The molecule has 2 saturated heterocycles. The van der Waals surface area contributed by atoms with Crippen molar-refractivity contribution in [2.75, 3.05) is 13.2 Å². The Morgan fingerprint density at radius 2 is 1.24 bits per heavy atom. The van der Waals surface area contributed by atoms with Crippen LogP contribution >= 0.6 is 0 Å². The molecule has 2 aliphatic heterocycles. The van der Waals surface area contributed by atoms with Gasteiger partial charge in [0.05, 0.1) is 30.8 Å². The smallest absolute Gasteiger partial charge is 0.247 e. The molecule has 0 N–H and O–H groups in total. The Hall–Kier alpha value is -0.260. The van der Waals surface area contributed by atoms with E-state index < -0.39 is 38.4 Å². The first-order valence-corrected chi connectivity index (χ1v) is 7.49. The Morgan fingerprint density at radius 1 is 0.882 bits per heavy atom. The summed E-state index contributed by atoms with van der Waals surface area (Å²) in [4.78, 5) is 0.